The number of ether oxygens (including phenoxy) is 3. The van der Waals surface area contributed by atoms with Gasteiger partial charge in [-0.15, -0.1) is 24.0 Å². The Bertz CT molecular complexity index is 744. The van der Waals surface area contributed by atoms with Crippen LogP contribution in [0.25, 0.3) is 0 Å². The average Bonchev–Trinajstić information content (AvgIpc) is 2.64. The number of benzene rings is 2. The highest BCUT2D eigenvalue weighted by atomic mass is 127. The summed E-state index contributed by atoms with van der Waals surface area (Å²) in [5, 5.41) is 3.51. The van der Waals surface area contributed by atoms with Gasteiger partial charge in [-0.3, -0.25) is 0 Å². The number of nitrogens with one attached hydrogen (secondary N) is 1. The Labute approximate surface area is 182 Å². The molecule has 0 aliphatic rings. The fraction of sp³-hybridized carbons (Fsp3) is 0.316. The first-order valence-electron chi connectivity index (χ1n) is 8.23. The fourth-order valence-corrected chi connectivity index (χ4v) is 2.49. The molecule has 2 aromatic rings. The van der Waals surface area contributed by atoms with Crippen molar-refractivity contribution in [3.63, 3.8) is 0 Å². The number of nitrogens with zero attached hydrogens (tertiary/aromatic N) is 1. The third-order valence-electron chi connectivity index (χ3n) is 3.52. The number of hydrogen-bond donors (Lipinski definition) is 2. The number of guanidine groups is 1. The molecule has 0 spiro atoms. The summed E-state index contributed by atoms with van der Waals surface area (Å²) in [5.74, 6) is 1.72. The van der Waals surface area contributed by atoms with Gasteiger partial charge in [0.2, 0.25) is 0 Å². The molecule has 2 aromatic carbocycles. The minimum atomic E-state index is 0. The molecule has 148 valence electrons. The molecule has 2 rings (SSSR count). The van der Waals surface area contributed by atoms with Crippen LogP contribution >= 0.6 is 35.6 Å². The van der Waals surface area contributed by atoms with E-state index in [0.717, 1.165) is 23.4 Å². The van der Waals surface area contributed by atoms with E-state index in [1.54, 1.807) is 26.4 Å². The van der Waals surface area contributed by atoms with Gasteiger partial charge in [-0.05, 0) is 35.9 Å². The highest BCUT2D eigenvalue weighted by Crippen LogP contribution is 2.27. The van der Waals surface area contributed by atoms with Crippen LogP contribution in [0.1, 0.15) is 12.0 Å². The zero-order valence-electron chi connectivity index (χ0n) is 15.4. The third-order valence-corrected chi connectivity index (χ3v) is 3.81. The lowest BCUT2D eigenvalue weighted by Gasteiger charge is -2.09. The van der Waals surface area contributed by atoms with Gasteiger partial charge in [0.25, 0.3) is 0 Å². The van der Waals surface area contributed by atoms with E-state index in [9.17, 15) is 0 Å². The molecule has 0 radical (unpaired) electrons. The van der Waals surface area contributed by atoms with Crippen molar-refractivity contribution in [3.8, 4) is 11.5 Å². The van der Waals surface area contributed by atoms with Crippen molar-refractivity contribution < 1.29 is 14.2 Å². The Morgan fingerprint density at radius 2 is 1.96 bits per heavy atom. The maximum Gasteiger partial charge on any atom is 0.193 e. The molecular weight excluding hydrogens is 481 g/mol. The van der Waals surface area contributed by atoms with Gasteiger partial charge in [-0.1, -0.05) is 23.7 Å². The van der Waals surface area contributed by atoms with Gasteiger partial charge in [0, 0.05) is 25.8 Å². The molecule has 0 atom stereocenters. The van der Waals surface area contributed by atoms with Crippen LogP contribution in [0, 0.1) is 0 Å². The quantitative estimate of drug-likeness (QED) is 0.230. The van der Waals surface area contributed by atoms with E-state index in [0.29, 0.717) is 36.5 Å². The summed E-state index contributed by atoms with van der Waals surface area (Å²) in [5.41, 5.74) is 7.69. The minimum absolute atomic E-state index is 0. The predicted molar refractivity (Wildman–Crippen MR) is 121 cm³/mol. The Balaban J connectivity index is 0.00000364. The lowest BCUT2D eigenvalue weighted by Crippen LogP contribution is -2.22. The molecule has 0 amide bonds. The van der Waals surface area contributed by atoms with Gasteiger partial charge in [0.1, 0.15) is 11.5 Å². The summed E-state index contributed by atoms with van der Waals surface area (Å²) in [7, 11) is 3.25. The average molecular weight is 506 g/mol. The normalized spacial score (nSPS) is 10.9. The van der Waals surface area contributed by atoms with Gasteiger partial charge in [0.05, 0.1) is 25.3 Å². The first-order chi connectivity index (χ1) is 12.6. The molecular formula is C19H25ClIN3O3. The first-order valence-corrected chi connectivity index (χ1v) is 8.61. The van der Waals surface area contributed by atoms with Crippen LogP contribution in [0.4, 0.5) is 5.69 Å². The Kier molecular flexibility index (Phi) is 10.9. The van der Waals surface area contributed by atoms with Crippen LogP contribution in [0.3, 0.4) is 0 Å². The Morgan fingerprint density at radius 3 is 2.67 bits per heavy atom. The van der Waals surface area contributed by atoms with Crippen molar-refractivity contribution in [3.05, 3.63) is 53.1 Å². The van der Waals surface area contributed by atoms with Gasteiger partial charge in [-0.25, -0.2) is 4.99 Å². The maximum absolute atomic E-state index is 6.10. The number of nitrogens with two attached hydrogens (primary N) is 1. The van der Waals surface area contributed by atoms with E-state index in [1.807, 2.05) is 30.3 Å². The van der Waals surface area contributed by atoms with Crippen molar-refractivity contribution in [2.75, 3.05) is 32.8 Å². The topological polar surface area (TPSA) is 78.1 Å². The van der Waals surface area contributed by atoms with Crippen LogP contribution in [-0.4, -0.2) is 33.4 Å². The molecule has 27 heavy (non-hydrogen) atoms. The molecule has 0 aromatic heterocycles. The summed E-state index contributed by atoms with van der Waals surface area (Å²) >= 11 is 6.10. The summed E-state index contributed by atoms with van der Waals surface area (Å²) in [4.78, 5) is 4.35. The van der Waals surface area contributed by atoms with Crippen LogP contribution in [0.5, 0.6) is 11.5 Å². The zero-order valence-corrected chi connectivity index (χ0v) is 18.5. The molecule has 0 fully saturated rings. The summed E-state index contributed by atoms with van der Waals surface area (Å²) in [6, 6.07) is 13.1. The van der Waals surface area contributed by atoms with E-state index in [4.69, 9.17) is 31.5 Å². The van der Waals surface area contributed by atoms with E-state index in [2.05, 4.69) is 10.3 Å². The van der Waals surface area contributed by atoms with Crippen molar-refractivity contribution in [1.29, 1.82) is 0 Å². The van der Waals surface area contributed by atoms with Crippen LogP contribution in [-0.2, 0) is 11.3 Å². The van der Waals surface area contributed by atoms with Crippen LogP contribution < -0.4 is 20.5 Å². The summed E-state index contributed by atoms with van der Waals surface area (Å²) in [6.07, 6.45) is 0.847. The molecule has 0 unspecified atom stereocenters. The second-order valence-electron chi connectivity index (χ2n) is 5.52. The van der Waals surface area contributed by atoms with Crippen LogP contribution in [0.15, 0.2) is 47.5 Å². The molecule has 0 heterocycles. The SMILES string of the molecule is COCCCOc1cccc(CN=C(N)Nc2ccc(OC)c(Cl)c2)c1.I. The highest BCUT2D eigenvalue weighted by Gasteiger charge is 2.03. The van der Waals surface area contributed by atoms with Crippen molar-refractivity contribution in [2.24, 2.45) is 10.7 Å². The number of aliphatic imine (C=N–C) groups is 1. The van der Waals surface area contributed by atoms with Gasteiger partial charge in [-0.2, -0.15) is 0 Å². The summed E-state index contributed by atoms with van der Waals surface area (Å²) in [6.45, 7) is 1.74. The number of hydrogen-bond acceptors (Lipinski definition) is 4. The predicted octanol–water partition coefficient (Wildman–Crippen LogP) is 4.31. The van der Waals surface area contributed by atoms with Crippen molar-refractivity contribution in [1.82, 2.24) is 0 Å². The number of methoxy groups -OCH3 is 2. The molecule has 3 N–H and O–H groups in total. The highest BCUT2D eigenvalue weighted by molar-refractivity contribution is 14.0. The first kappa shape index (κ1) is 23.3. The Hall–Kier alpha value is -1.71. The molecule has 0 aliphatic heterocycles. The van der Waals surface area contributed by atoms with E-state index < -0.39 is 0 Å². The van der Waals surface area contributed by atoms with Gasteiger partial charge in [0.15, 0.2) is 5.96 Å². The van der Waals surface area contributed by atoms with E-state index in [-0.39, 0.29) is 24.0 Å². The molecule has 0 aliphatic carbocycles. The monoisotopic (exact) mass is 505 g/mol. The molecule has 6 nitrogen and oxygen atoms in total. The minimum Gasteiger partial charge on any atom is -0.495 e. The number of rotatable bonds is 9. The van der Waals surface area contributed by atoms with E-state index >= 15 is 0 Å². The molecule has 8 heteroatoms. The summed E-state index contributed by atoms with van der Waals surface area (Å²) < 4.78 is 15.8. The molecule has 0 bridgehead atoms. The van der Waals surface area contributed by atoms with Gasteiger partial charge >= 0.3 is 0 Å². The third kappa shape index (κ3) is 8.23. The lowest BCUT2D eigenvalue weighted by atomic mass is 10.2. The van der Waals surface area contributed by atoms with Crippen LogP contribution in [0.2, 0.25) is 5.02 Å². The van der Waals surface area contributed by atoms with Gasteiger partial charge < -0.3 is 25.3 Å². The smallest absolute Gasteiger partial charge is 0.193 e. The number of anilines is 1. The molecule has 0 saturated heterocycles. The van der Waals surface area contributed by atoms with Crippen molar-refractivity contribution in [2.45, 2.75) is 13.0 Å². The number of halogens is 2. The maximum atomic E-state index is 6.10. The lowest BCUT2D eigenvalue weighted by molar-refractivity contribution is 0.172. The molecule has 0 saturated carbocycles. The zero-order chi connectivity index (χ0) is 18.8. The largest absolute Gasteiger partial charge is 0.495 e. The fourth-order valence-electron chi connectivity index (χ4n) is 2.23. The van der Waals surface area contributed by atoms with Crippen molar-refractivity contribution >= 4 is 47.2 Å². The second kappa shape index (κ2) is 12.6. The second-order valence-corrected chi connectivity index (χ2v) is 5.93. The standard InChI is InChI=1S/C19H24ClN3O3.HI/c1-24-9-4-10-26-16-6-3-5-14(11-16)13-22-19(21)23-15-7-8-18(25-2)17(20)12-15;/h3,5-8,11-12H,4,9-10,13H2,1-2H3,(H3,21,22,23);1H. The Morgan fingerprint density at radius 1 is 1.15 bits per heavy atom. The van der Waals surface area contributed by atoms with E-state index in [1.165, 1.54) is 0 Å².